The molecule has 0 aromatic heterocycles. The van der Waals surface area contributed by atoms with Gasteiger partial charge in [0.2, 0.25) is 0 Å². The minimum atomic E-state index is -1.15. The molecule has 0 saturated heterocycles. The number of rotatable bonds is 17. The van der Waals surface area contributed by atoms with Crippen molar-refractivity contribution in [2.75, 3.05) is 19.8 Å². The van der Waals surface area contributed by atoms with Gasteiger partial charge in [0.15, 0.2) is 0 Å². The molecule has 1 rings (SSSR count). The van der Waals surface area contributed by atoms with Gasteiger partial charge in [-0.25, -0.2) is 0 Å². The molecule has 0 fully saturated rings. The molecule has 0 bridgehead atoms. The third-order valence-corrected chi connectivity index (χ3v) is 7.32. The van der Waals surface area contributed by atoms with E-state index < -0.39 is 8.07 Å². The first-order valence-corrected chi connectivity index (χ1v) is 15.2. The van der Waals surface area contributed by atoms with Crippen molar-refractivity contribution in [2.24, 2.45) is 0 Å². The van der Waals surface area contributed by atoms with E-state index in [1.807, 2.05) is 0 Å². The number of hydrogen-bond donors (Lipinski definition) is 0. The van der Waals surface area contributed by atoms with E-state index in [0.717, 1.165) is 19.8 Å². The van der Waals surface area contributed by atoms with Crippen LogP contribution in [0.5, 0.6) is 0 Å². The van der Waals surface area contributed by atoms with Crippen LogP contribution in [-0.2, 0) is 15.9 Å². The second-order valence-electron chi connectivity index (χ2n) is 9.41. The number of benzene rings is 1. The maximum absolute atomic E-state index is 5.59. The Hall–Kier alpha value is -0.643. The number of ether oxygens (including phenoxy) is 2. The van der Waals surface area contributed by atoms with Crippen LogP contribution < -0.4 is 5.19 Å². The van der Waals surface area contributed by atoms with Gasteiger partial charge in [-0.05, 0) is 38.7 Å². The fraction of sp³-hybridized carbons (Fsp3) is 0.760. The van der Waals surface area contributed by atoms with E-state index in [1.165, 1.54) is 69.8 Å². The number of aryl methyl sites for hydroxylation is 1. The summed E-state index contributed by atoms with van der Waals surface area (Å²) in [4.78, 5) is 0. The zero-order valence-corrected chi connectivity index (χ0v) is 20.4. The summed E-state index contributed by atoms with van der Waals surface area (Å²) in [6, 6.07) is 9.45. The maximum Gasteiger partial charge on any atom is 0.0775 e. The summed E-state index contributed by atoms with van der Waals surface area (Å²) in [5, 5.41) is 1.57. The van der Waals surface area contributed by atoms with Crippen LogP contribution in [0.4, 0.5) is 0 Å². The molecule has 0 saturated carbocycles. The van der Waals surface area contributed by atoms with Crippen LogP contribution in [0.2, 0.25) is 19.6 Å². The summed E-state index contributed by atoms with van der Waals surface area (Å²) in [7, 11) is -1.15. The van der Waals surface area contributed by atoms with Crippen molar-refractivity contribution in [3.05, 3.63) is 29.8 Å². The highest BCUT2D eigenvalue weighted by atomic mass is 28.3. The predicted octanol–water partition coefficient (Wildman–Crippen LogP) is 6.73. The Morgan fingerprint density at radius 2 is 1.21 bits per heavy atom. The van der Waals surface area contributed by atoms with Gasteiger partial charge in [-0.1, -0.05) is 94.0 Å². The Morgan fingerprint density at radius 3 is 1.75 bits per heavy atom. The molecule has 28 heavy (non-hydrogen) atoms. The van der Waals surface area contributed by atoms with Gasteiger partial charge in [0.05, 0.1) is 27.4 Å². The van der Waals surface area contributed by atoms with Crippen LogP contribution in [-0.4, -0.2) is 34.0 Å². The minimum absolute atomic E-state index is 0.310. The Balaban J connectivity index is 1.85. The summed E-state index contributed by atoms with van der Waals surface area (Å²) < 4.78 is 11.1. The first kappa shape index (κ1) is 25.4. The smallest absolute Gasteiger partial charge is 0.0775 e. The molecule has 0 aliphatic carbocycles. The molecule has 0 amide bonds. The van der Waals surface area contributed by atoms with Gasteiger partial charge in [-0.2, -0.15) is 0 Å². The molecule has 0 heterocycles. The fourth-order valence-electron chi connectivity index (χ4n) is 3.39. The van der Waals surface area contributed by atoms with Gasteiger partial charge in [0, 0.05) is 6.61 Å². The maximum atomic E-state index is 5.59. The van der Waals surface area contributed by atoms with E-state index in [-0.39, 0.29) is 0 Å². The summed E-state index contributed by atoms with van der Waals surface area (Å²) in [5.41, 5.74) is 1.51. The van der Waals surface area contributed by atoms with Gasteiger partial charge in [-0.3, -0.25) is 0 Å². The molecule has 0 aliphatic heterocycles. The Bertz CT molecular complexity index is 476. The molecule has 3 heteroatoms. The van der Waals surface area contributed by atoms with Gasteiger partial charge in [-0.15, -0.1) is 0 Å². The van der Waals surface area contributed by atoms with Crippen LogP contribution in [0.25, 0.3) is 0 Å². The van der Waals surface area contributed by atoms with Crippen LogP contribution >= 0.6 is 0 Å². The van der Waals surface area contributed by atoms with Crippen LogP contribution in [0.3, 0.4) is 0 Å². The van der Waals surface area contributed by atoms with Gasteiger partial charge in [0.1, 0.15) is 0 Å². The fourth-order valence-corrected chi connectivity index (χ4v) is 4.55. The summed E-state index contributed by atoms with van der Waals surface area (Å²) in [6.07, 6.45) is 13.7. The average Bonchev–Trinajstić information content (AvgIpc) is 2.64. The highest BCUT2D eigenvalue weighted by Gasteiger charge is 2.15. The first-order chi connectivity index (χ1) is 13.4. The topological polar surface area (TPSA) is 18.5 Å². The number of hydrogen-bond acceptors (Lipinski definition) is 2. The lowest BCUT2D eigenvalue weighted by Gasteiger charge is -2.16. The molecule has 1 aromatic rings. The lowest BCUT2D eigenvalue weighted by Crippen LogP contribution is -2.37. The van der Waals surface area contributed by atoms with Gasteiger partial charge >= 0.3 is 0 Å². The van der Waals surface area contributed by atoms with Crippen LogP contribution in [0.1, 0.15) is 77.2 Å². The normalized spacial score (nSPS) is 12.1. The highest BCUT2D eigenvalue weighted by Crippen LogP contribution is 2.12. The third kappa shape index (κ3) is 13.5. The van der Waals surface area contributed by atoms with Crippen molar-refractivity contribution in [3.63, 3.8) is 0 Å². The Morgan fingerprint density at radius 1 is 0.679 bits per heavy atom. The Kier molecular flexibility index (Phi) is 13.8. The lowest BCUT2D eigenvalue weighted by molar-refractivity contribution is 0.0186. The third-order valence-electron chi connectivity index (χ3n) is 5.25. The zero-order chi connectivity index (χ0) is 20.7. The van der Waals surface area contributed by atoms with E-state index in [1.54, 1.807) is 5.19 Å². The molecule has 162 valence electrons. The molecule has 0 radical (unpaired) electrons. The monoisotopic (exact) mass is 406 g/mol. The van der Waals surface area contributed by atoms with E-state index >= 15 is 0 Å². The average molecular weight is 407 g/mol. The molecule has 0 atom stereocenters. The van der Waals surface area contributed by atoms with E-state index in [0.29, 0.717) is 6.10 Å². The van der Waals surface area contributed by atoms with Crippen molar-refractivity contribution >= 4 is 13.3 Å². The Labute approximate surface area is 176 Å². The first-order valence-electron chi connectivity index (χ1n) is 11.7. The molecule has 0 spiro atoms. The van der Waals surface area contributed by atoms with E-state index in [2.05, 4.69) is 57.8 Å². The quantitative estimate of drug-likeness (QED) is 0.211. The zero-order valence-electron chi connectivity index (χ0n) is 19.4. The minimum Gasteiger partial charge on any atom is -0.379 e. The van der Waals surface area contributed by atoms with Crippen molar-refractivity contribution in [3.8, 4) is 0 Å². The molecule has 2 nitrogen and oxygen atoms in total. The largest absolute Gasteiger partial charge is 0.379 e. The molecule has 1 aromatic carbocycles. The predicted molar refractivity (Wildman–Crippen MR) is 127 cm³/mol. The van der Waals surface area contributed by atoms with Gasteiger partial charge < -0.3 is 9.47 Å². The number of unbranched alkanes of at least 4 members (excludes halogenated alkanes) is 8. The van der Waals surface area contributed by atoms with Crippen molar-refractivity contribution in [1.82, 2.24) is 0 Å². The standard InChI is InChI=1S/C25H46O2Si/c1-23(2)27-22-21-26-20-14-12-10-8-6-7-9-11-13-15-24-16-18-25(19-17-24)28(3,4)5/h16-19,23H,6-15,20-22H2,1-5H3. The summed E-state index contributed by atoms with van der Waals surface area (Å²) in [6.45, 7) is 13.7. The summed E-state index contributed by atoms with van der Waals surface area (Å²) >= 11 is 0. The van der Waals surface area contributed by atoms with Crippen LogP contribution in [0, 0.1) is 0 Å². The van der Waals surface area contributed by atoms with E-state index in [4.69, 9.17) is 9.47 Å². The molecule has 0 unspecified atom stereocenters. The van der Waals surface area contributed by atoms with Crippen molar-refractivity contribution < 1.29 is 9.47 Å². The second kappa shape index (κ2) is 15.2. The molecular weight excluding hydrogens is 360 g/mol. The highest BCUT2D eigenvalue weighted by molar-refractivity contribution is 6.88. The lowest BCUT2D eigenvalue weighted by atomic mass is 10.0. The molecular formula is C25H46O2Si. The summed E-state index contributed by atoms with van der Waals surface area (Å²) in [5.74, 6) is 0. The van der Waals surface area contributed by atoms with Crippen molar-refractivity contribution in [2.45, 2.75) is 104 Å². The SMILES string of the molecule is CC(C)OCCOCCCCCCCCCCCc1ccc([Si](C)(C)C)cc1. The molecule has 0 aliphatic rings. The van der Waals surface area contributed by atoms with E-state index in [9.17, 15) is 0 Å². The van der Waals surface area contributed by atoms with Crippen molar-refractivity contribution in [1.29, 1.82) is 0 Å². The van der Waals surface area contributed by atoms with Gasteiger partial charge in [0.25, 0.3) is 0 Å². The molecule has 0 N–H and O–H groups in total. The van der Waals surface area contributed by atoms with Crippen LogP contribution in [0.15, 0.2) is 24.3 Å². The second-order valence-corrected chi connectivity index (χ2v) is 14.5.